The first-order valence-corrected chi connectivity index (χ1v) is 10.6. The number of pyridine rings is 1. The third kappa shape index (κ3) is 2.94. The minimum atomic E-state index is -3.21. The van der Waals surface area contributed by atoms with E-state index in [-0.39, 0.29) is 5.75 Å². The summed E-state index contributed by atoms with van der Waals surface area (Å²) in [5.74, 6) is 0.119. The number of aromatic nitrogens is 2. The van der Waals surface area contributed by atoms with E-state index in [0.29, 0.717) is 6.54 Å². The molecule has 1 aromatic carbocycles. The Labute approximate surface area is 151 Å². The summed E-state index contributed by atoms with van der Waals surface area (Å²) in [6.07, 6.45) is 2.49. The molecule has 5 nitrogen and oxygen atoms in total. The smallest absolute Gasteiger partial charge is 0.234 e. The van der Waals surface area contributed by atoms with Gasteiger partial charge < -0.3 is 0 Å². The van der Waals surface area contributed by atoms with Gasteiger partial charge in [-0.15, -0.1) is 11.3 Å². The zero-order valence-corrected chi connectivity index (χ0v) is 15.3. The first-order chi connectivity index (χ1) is 12.1. The summed E-state index contributed by atoms with van der Waals surface area (Å²) in [5.41, 5.74) is 4.62. The highest BCUT2D eigenvalue weighted by molar-refractivity contribution is 7.92. The SMILES string of the molecule is CCS(=O)(=O)N1CCc2cc(-c3csc(-c4ccccn4)n3)ccc21. The van der Waals surface area contributed by atoms with Gasteiger partial charge in [0.25, 0.3) is 0 Å². The highest BCUT2D eigenvalue weighted by Crippen LogP contribution is 2.35. The van der Waals surface area contributed by atoms with Crippen LogP contribution in [0.5, 0.6) is 0 Å². The average molecular weight is 371 g/mol. The second-order valence-electron chi connectivity index (χ2n) is 5.82. The molecule has 0 saturated heterocycles. The van der Waals surface area contributed by atoms with Crippen molar-refractivity contribution >= 4 is 27.0 Å². The molecule has 0 N–H and O–H groups in total. The van der Waals surface area contributed by atoms with Gasteiger partial charge in [-0.1, -0.05) is 12.1 Å². The lowest BCUT2D eigenvalue weighted by Crippen LogP contribution is -2.30. The van der Waals surface area contributed by atoms with Gasteiger partial charge in [-0.25, -0.2) is 13.4 Å². The molecule has 0 bridgehead atoms. The summed E-state index contributed by atoms with van der Waals surface area (Å²) >= 11 is 1.56. The van der Waals surface area contributed by atoms with Crippen LogP contribution in [0.25, 0.3) is 22.0 Å². The van der Waals surface area contributed by atoms with Gasteiger partial charge in [-0.05, 0) is 43.2 Å². The minimum absolute atomic E-state index is 0.119. The first-order valence-electron chi connectivity index (χ1n) is 8.09. The fourth-order valence-electron chi connectivity index (χ4n) is 2.99. The van der Waals surface area contributed by atoms with Crippen molar-refractivity contribution < 1.29 is 8.42 Å². The molecular formula is C18H17N3O2S2. The van der Waals surface area contributed by atoms with Crippen LogP contribution in [0.2, 0.25) is 0 Å². The van der Waals surface area contributed by atoms with Crippen molar-refractivity contribution in [2.24, 2.45) is 0 Å². The molecule has 0 saturated carbocycles. The van der Waals surface area contributed by atoms with Crippen molar-refractivity contribution in [3.05, 3.63) is 53.5 Å². The number of hydrogen-bond donors (Lipinski definition) is 0. The summed E-state index contributed by atoms with van der Waals surface area (Å²) in [7, 11) is -3.21. The fourth-order valence-corrected chi connectivity index (χ4v) is 4.95. The molecule has 0 spiro atoms. The number of fused-ring (bicyclic) bond motifs is 1. The van der Waals surface area contributed by atoms with E-state index in [1.807, 2.05) is 35.7 Å². The summed E-state index contributed by atoms with van der Waals surface area (Å²) in [5, 5.41) is 2.90. The minimum Gasteiger partial charge on any atom is -0.270 e. The third-order valence-electron chi connectivity index (χ3n) is 4.32. The molecule has 128 valence electrons. The van der Waals surface area contributed by atoms with Gasteiger partial charge in [-0.2, -0.15) is 0 Å². The Bertz CT molecular complexity index is 1010. The van der Waals surface area contributed by atoms with E-state index in [1.54, 1.807) is 24.5 Å². The lowest BCUT2D eigenvalue weighted by Gasteiger charge is -2.18. The Balaban J connectivity index is 1.67. The van der Waals surface area contributed by atoms with Crippen LogP contribution in [-0.2, 0) is 16.4 Å². The summed E-state index contributed by atoms with van der Waals surface area (Å²) in [6.45, 7) is 2.20. The number of anilines is 1. The van der Waals surface area contributed by atoms with Crippen molar-refractivity contribution in [3.8, 4) is 22.0 Å². The van der Waals surface area contributed by atoms with Crippen molar-refractivity contribution in [2.45, 2.75) is 13.3 Å². The van der Waals surface area contributed by atoms with Crippen LogP contribution in [0.15, 0.2) is 48.0 Å². The molecule has 3 aromatic rings. The van der Waals surface area contributed by atoms with Crippen molar-refractivity contribution in [2.75, 3.05) is 16.6 Å². The highest BCUT2D eigenvalue weighted by atomic mass is 32.2. The maximum Gasteiger partial charge on any atom is 0.234 e. The van der Waals surface area contributed by atoms with E-state index >= 15 is 0 Å². The van der Waals surface area contributed by atoms with E-state index in [2.05, 4.69) is 16.0 Å². The molecule has 0 aliphatic carbocycles. The molecule has 0 atom stereocenters. The van der Waals surface area contributed by atoms with Crippen LogP contribution >= 0.6 is 11.3 Å². The second kappa shape index (κ2) is 6.24. The standard InChI is InChI=1S/C18H17N3O2S2/c1-2-25(22,23)21-10-8-14-11-13(6-7-17(14)21)16-12-24-18(20-16)15-5-3-4-9-19-15/h3-7,9,11-12H,2,8,10H2,1H3. The van der Waals surface area contributed by atoms with Gasteiger partial charge in [0.1, 0.15) is 5.01 Å². The van der Waals surface area contributed by atoms with Crippen LogP contribution in [0.4, 0.5) is 5.69 Å². The number of nitrogens with zero attached hydrogens (tertiary/aromatic N) is 3. The van der Waals surface area contributed by atoms with Crippen molar-refractivity contribution in [1.82, 2.24) is 9.97 Å². The number of thiazole rings is 1. The average Bonchev–Trinajstić information content (AvgIpc) is 3.29. The van der Waals surface area contributed by atoms with Gasteiger partial charge in [0.2, 0.25) is 10.0 Å². The second-order valence-corrected chi connectivity index (χ2v) is 8.86. The summed E-state index contributed by atoms with van der Waals surface area (Å²) in [4.78, 5) is 9.02. The van der Waals surface area contributed by atoms with E-state index in [9.17, 15) is 8.42 Å². The molecule has 0 radical (unpaired) electrons. The van der Waals surface area contributed by atoms with E-state index in [4.69, 9.17) is 0 Å². The lowest BCUT2D eigenvalue weighted by atomic mass is 10.1. The third-order valence-corrected chi connectivity index (χ3v) is 6.96. The molecular weight excluding hydrogens is 354 g/mol. The van der Waals surface area contributed by atoms with Gasteiger partial charge >= 0.3 is 0 Å². The number of hydrogen-bond acceptors (Lipinski definition) is 5. The molecule has 1 aliphatic heterocycles. The van der Waals surface area contributed by atoms with E-state index in [0.717, 1.165) is 39.6 Å². The Hall–Kier alpha value is -2.25. The highest BCUT2D eigenvalue weighted by Gasteiger charge is 2.28. The van der Waals surface area contributed by atoms with Crippen LogP contribution in [-0.4, -0.2) is 30.7 Å². The molecule has 25 heavy (non-hydrogen) atoms. The lowest BCUT2D eigenvalue weighted by molar-refractivity contribution is 0.593. The largest absolute Gasteiger partial charge is 0.270 e. The maximum atomic E-state index is 12.2. The molecule has 0 amide bonds. The van der Waals surface area contributed by atoms with E-state index < -0.39 is 10.0 Å². The predicted octanol–water partition coefficient (Wildman–Crippen LogP) is 3.58. The summed E-state index contributed by atoms with van der Waals surface area (Å²) < 4.78 is 25.9. The Morgan fingerprint density at radius 1 is 1.20 bits per heavy atom. The van der Waals surface area contributed by atoms with Crippen LogP contribution < -0.4 is 4.31 Å². The molecule has 3 heterocycles. The Morgan fingerprint density at radius 3 is 2.84 bits per heavy atom. The molecule has 2 aromatic heterocycles. The summed E-state index contributed by atoms with van der Waals surface area (Å²) in [6, 6.07) is 11.7. The zero-order valence-electron chi connectivity index (χ0n) is 13.7. The Kier molecular flexibility index (Phi) is 4.05. The van der Waals surface area contributed by atoms with Gasteiger partial charge in [-0.3, -0.25) is 9.29 Å². The monoisotopic (exact) mass is 371 g/mol. The first kappa shape index (κ1) is 16.2. The quantitative estimate of drug-likeness (QED) is 0.703. The molecule has 1 aliphatic rings. The maximum absolute atomic E-state index is 12.2. The van der Waals surface area contributed by atoms with Crippen LogP contribution in [0.3, 0.4) is 0 Å². The van der Waals surface area contributed by atoms with Gasteiger partial charge in [0.15, 0.2) is 0 Å². The normalized spacial score (nSPS) is 13.9. The molecule has 0 unspecified atom stereocenters. The van der Waals surface area contributed by atoms with Crippen molar-refractivity contribution in [3.63, 3.8) is 0 Å². The van der Waals surface area contributed by atoms with Crippen LogP contribution in [0, 0.1) is 0 Å². The Morgan fingerprint density at radius 2 is 2.08 bits per heavy atom. The van der Waals surface area contributed by atoms with Crippen molar-refractivity contribution in [1.29, 1.82) is 0 Å². The number of benzene rings is 1. The predicted molar refractivity (Wildman–Crippen MR) is 101 cm³/mol. The molecule has 7 heteroatoms. The topological polar surface area (TPSA) is 63.2 Å². The number of rotatable bonds is 4. The van der Waals surface area contributed by atoms with Gasteiger partial charge in [0.05, 0.1) is 22.8 Å². The van der Waals surface area contributed by atoms with E-state index in [1.165, 1.54) is 4.31 Å². The molecule has 0 fully saturated rings. The van der Waals surface area contributed by atoms with Crippen LogP contribution in [0.1, 0.15) is 12.5 Å². The number of sulfonamides is 1. The molecule has 4 rings (SSSR count). The van der Waals surface area contributed by atoms with Gasteiger partial charge in [0, 0.05) is 23.7 Å². The fraction of sp³-hybridized carbons (Fsp3) is 0.222. The zero-order chi connectivity index (χ0) is 17.4.